The first-order chi connectivity index (χ1) is 10.2. The molecule has 0 heterocycles. The molecule has 3 N–H and O–H groups in total. The quantitative estimate of drug-likeness (QED) is 0.399. The van der Waals surface area contributed by atoms with Crippen LogP contribution in [0.4, 0.5) is 0 Å². The minimum Gasteiger partial charge on any atom is -0.271 e. The molecule has 1 atom stereocenters. The van der Waals surface area contributed by atoms with Gasteiger partial charge in [-0.2, -0.15) is 0 Å². The molecule has 0 spiro atoms. The van der Waals surface area contributed by atoms with Crippen molar-refractivity contribution in [2.24, 2.45) is 5.84 Å². The first kappa shape index (κ1) is 14.5. The highest BCUT2D eigenvalue weighted by atomic mass is 127. The summed E-state index contributed by atoms with van der Waals surface area (Å²) in [6.07, 6.45) is 0. The second-order valence-corrected chi connectivity index (χ2v) is 6.26. The van der Waals surface area contributed by atoms with Crippen LogP contribution in [0, 0.1) is 10.5 Å². The maximum Gasteiger partial charge on any atom is 0.0720 e. The zero-order valence-electron chi connectivity index (χ0n) is 11.8. The minimum atomic E-state index is 0.00130. The smallest absolute Gasteiger partial charge is 0.0720 e. The Balaban J connectivity index is 2.11. The highest BCUT2D eigenvalue weighted by Gasteiger charge is 2.16. The molecule has 21 heavy (non-hydrogen) atoms. The second-order valence-electron chi connectivity index (χ2n) is 5.18. The number of hydrazine groups is 1. The van der Waals surface area contributed by atoms with Crippen LogP contribution in [0.1, 0.15) is 22.7 Å². The molecule has 0 bridgehead atoms. The van der Waals surface area contributed by atoms with Crippen molar-refractivity contribution in [2.75, 3.05) is 0 Å². The number of rotatable bonds is 3. The van der Waals surface area contributed by atoms with E-state index in [1.54, 1.807) is 0 Å². The predicted molar refractivity (Wildman–Crippen MR) is 97.0 cm³/mol. The second kappa shape index (κ2) is 6.13. The monoisotopic (exact) mass is 388 g/mol. The van der Waals surface area contributed by atoms with Crippen LogP contribution in [0.2, 0.25) is 0 Å². The summed E-state index contributed by atoms with van der Waals surface area (Å²) in [6.45, 7) is 2.12. The van der Waals surface area contributed by atoms with Gasteiger partial charge in [-0.05, 0) is 63.0 Å². The summed E-state index contributed by atoms with van der Waals surface area (Å²) in [6, 6.07) is 21.2. The van der Waals surface area contributed by atoms with E-state index in [-0.39, 0.29) is 6.04 Å². The van der Waals surface area contributed by atoms with Gasteiger partial charge in [-0.3, -0.25) is 5.84 Å². The van der Waals surface area contributed by atoms with E-state index in [1.807, 2.05) is 0 Å². The highest BCUT2D eigenvalue weighted by Crippen LogP contribution is 2.29. The number of hydrogen-bond acceptors (Lipinski definition) is 2. The Morgan fingerprint density at radius 1 is 0.952 bits per heavy atom. The third kappa shape index (κ3) is 2.81. The van der Waals surface area contributed by atoms with Crippen LogP contribution in [0.5, 0.6) is 0 Å². The van der Waals surface area contributed by atoms with Gasteiger partial charge in [0, 0.05) is 3.57 Å². The van der Waals surface area contributed by atoms with Crippen molar-refractivity contribution in [2.45, 2.75) is 13.0 Å². The molecule has 0 fully saturated rings. The van der Waals surface area contributed by atoms with E-state index in [2.05, 4.69) is 95.6 Å². The first-order valence-electron chi connectivity index (χ1n) is 6.90. The van der Waals surface area contributed by atoms with Crippen LogP contribution in [0.15, 0.2) is 60.7 Å². The summed E-state index contributed by atoms with van der Waals surface area (Å²) in [5.41, 5.74) is 6.63. The van der Waals surface area contributed by atoms with E-state index in [1.165, 1.54) is 31.0 Å². The Morgan fingerprint density at radius 2 is 1.71 bits per heavy atom. The summed E-state index contributed by atoms with van der Waals surface area (Å²) in [5, 5.41) is 2.48. The van der Waals surface area contributed by atoms with Gasteiger partial charge in [0.2, 0.25) is 0 Å². The fourth-order valence-corrected chi connectivity index (χ4v) is 3.32. The largest absolute Gasteiger partial charge is 0.271 e. The van der Waals surface area contributed by atoms with E-state index >= 15 is 0 Å². The molecular weight excluding hydrogens is 371 g/mol. The Bertz CT molecular complexity index is 783. The summed E-state index contributed by atoms with van der Waals surface area (Å²) in [7, 11) is 0. The van der Waals surface area contributed by atoms with Crippen LogP contribution in [0.25, 0.3) is 10.8 Å². The van der Waals surface area contributed by atoms with Crippen LogP contribution < -0.4 is 11.3 Å². The van der Waals surface area contributed by atoms with Gasteiger partial charge >= 0.3 is 0 Å². The maximum absolute atomic E-state index is 5.85. The third-order valence-corrected chi connectivity index (χ3v) is 5.28. The maximum atomic E-state index is 5.85. The van der Waals surface area contributed by atoms with Gasteiger partial charge in [0.05, 0.1) is 6.04 Å². The molecule has 0 amide bonds. The van der Waals surface area contributed by atoms with Gasteiger partial charge in [0.25, 0.3) is 0 Å². The molecule has 0 radical (unpaired) electrons. The van der Waals surface area contributed by atoms with Gasteiger partial charge < -0.3 is 0 Å². The summed E-state index contributed by atoms with van der Waals surface area (Å²) < 4.78 is 1.26. The molecule has 3 rings (SSSR count). The Hall–Kier alpha value is -1.43. The molecule has 0 saturated carbocycles. The van der Waals surface area contributed by atoms with Crippen molar-refractivity contribution in [3.05, 3.63) is 80.9 Å². The number of nitrogens with one attached hydrogen (secondary N) is 1. The molecule has 0 aliphatic carbocycles. The predicted octanol–water partition coefficient (Wildman–Crippen LogP) is 4.31. The van der Waals surface area contributed by atoms with Crippen molar-refractivity contribution in [3.8, 4) is 0 Å². The number of fused-ring (bicyclic) bond motifs is 1. The van der Waals surface area contributed by atoms with Gasteiger partial charge in [-0.25, -0.2) is 5.43 Å². The van der Waals surface area contributed by atoms with Gasteiger partial charge in [0.15, 0.2) is 0 Å². The molecule has 3 heteroatoms. The molecule has 0 aliphatic heterocycles. The topological polar surface area (TPSA) is 38.0 Å². The zero-order valence-corrected chi connectivity index (χ0v) is 14.0. The molecule has 2 nitrogen and oxygen atoms in total. The van der Waals surface area contributed by atoms with Crippen molar-refractivity contribution < 1.29 is 0 Å². The Morgan fingerprint density at radius 3 is 2.48 bits per heavy atom. The molecule has 106 valence electrons. The van der Waals surface area contributed by atoms with Crippen LogP contribution >= 0.6 is 22.6 Å². The lowest BCUT2D eigenvalue weighted by atomic mass is 9.96. The molecule has 3 aromatic rings. The van der Waals surface area contributed by atoms with Crippen LogP contribution in [-0.2, 0) is 0 Å². The van der Waals surface area contributed by atoms with Crippen molar-refractivity contribution in [3.63, 3.8) is 0 Å². The number of benzene rings is 3. The van der Waals surface area contributed by atoms with Crippen molar-refractivity contribution in [1.29, 1.82) is 0 Å². The lowest BCUT2D eigenvalue weighted by molar-refractivity contribution is 0.634. The summed E-state index contributed by atoms with van der Waals surface area (Å²) >= 11 is 2.39. The Labute approximate surface area is 138 Å². The molecule has 0 aliphatic rings. The Kier molecular flexibility index (Phi) is 4.24. The third-order valence-electron chi connectivity index (χ3n) is 3.81. The van der Waals surface area contributed by atoms with E-state index in [9.17, 15) is 0 Å². The molecule has 3 aromatic carbocycles. The van der Waals surface area contributed by atoms with E-state index in [0.29, 0.717) is 0 Å². The van der Waals surface area contributed by atoms with Gasteiger partial charge in [-0.1, -0.05) is 54.6 Å². The first-order valence-corrected chi connectivity index (χ1v) is 7.98. The lowest BCUT2D eigenvalue weighted by Crippen LogP contribution is -2.29. The van der Waals surface area contributed by atoms with E-state index < -0.39 is 0 Å². The van der Waals surface area contributed by atoms with Crippen molar-refractivity contribution >= 4 is 33.4 Å². The fraction of sp³-hybridized carbons (Fsp3) is 0.111. The highest BCUT2D eigenvalue weighted by molar-refractivity contribution is 14.1. The zero-order chi connectivity index (χ0) is 14.8. The molecule has 0 aromatic heterocycles. The summed E-state index contributed by atoms with van der Waals surface area (Å²) in [4.78, 5) is 0. The fourth-order valence-electron chi connectivity index (χ4n) is 2.65. The lowest BCUT2D eigenvalue weighted by Gasteiger charge is -2.20. The van der Waals surface area contributed by atoms with E-state index in [4.69, 9.17) is 5.84 Å². The average molecular weight is 388 g/mol. The van der Waals surface area contributed by atoms with Crippen molar-refractivity contribution in [1.82, 2.24) is 5.43 Å². The number of hydrogen-bond donors (Lipinski definition) is 2. The molecule has 0 saturated heterocycles. The summed E-state index contributed by atoms with van der Waals surface area (Å²) in [5.74, 6) is 5.85. The molecule has 1 unspecified atom stereocenters. The SMILES string of the molecule is Cc1cccc(C(NN)c2ccc3ccccc3c2)c1I. The van der Waals surface area contributed by atoms with E-state index in [0.717, 1.165) is 0 Å². The average Bonchev–Trinajstić information content (AvgIpc) is 2.52. The minimum absolute atomic E-state index is 0.00130. The molecular formula is C18H17IN2. The standard InChI is InChI=1S/C18H17IN2/c1-12-5-4-8-16(17(12)19)18(21-20)15-10-9-13-6-2-3-7-14(13)11-15/h2-11,18,21H,20H2,1H3. The normalized spacial score (nSPS) is 12.5. The van der Waals surface area contributed by atoms with Crippen LogP contribution in [0.3, 0.4) is 0 Å². The van der Waals surface area contributed by atoms with Gasteiger partial charge in [0.1, 0.15) is 0 Å². The van der Waals surface area contributed by atoms with Crippen LogP contribution in [-0.4, -0.2) is 0 Å². The number of aryl methyl sites for hydroxylation is 1. The number of nitrogens with two attached hydrogens (primary N) is 1. The van der Waals surface area contributed by atoms with Gasteiger partial charge in [-0.15, -0.1) is 0 Å². The number of halogens is 1.